The van der Waals surface area contributed by atoms with E-state index in [1.807, 2.05) is 18.9 Å². The van der Waals surface area contributed by atoms with Crippen molar-refractivity contribution in [2.75, 3.05) is 24.9 Å². The van der Waals surface area contributed by atoms with Gasteiger partial charge in [-0.2, -0.15) is 18.5 Å². The largest absolute Gasteiger partial charge is 0.471 e. The lowest BCUT2D eigenvalue weighted by atomic mass is 10.1. The lowest BCUT2D eigenvalue weighted by molar-refractivity contribution is 0.0296. The van der Waals surface area contributed by atoms with Crippen molar-refractivity contribution in [1.29, 1.82) is 0 Å². The highest BCUT2D eigenvalue weighted by Gasteiger charge is 2.31. The minimum absolute atomic E-state index is 0.0753. The highest BCUT2D eigenvalue weighted by molar-refractivity contribution is 7.92. The molecule has 0 saturated carbocycles. The van der Waals surface area contributed by atoms with Gasteiger partial charge in [0.1, 0.15) is 17.7 Å². The number of H-pyrrole nitrogens is 1. The quantitative estimate of drug-likeness (QED) is 0.416. The first kappa shape index (κ1) is 23.1. The van der Waals surface area contributed by atoms with Crippen molar-refractivity contribution in [3.63, 3.8) is 0 Å². The number of aryl methyl sites for hydroxylation is 1. The molecule has 0 amide bonds. The third-order valence-corrected chi connectivity index (χ3v) is 7.11. The number of nitrogens with one attached hydrogen (secondary N) is 2. The van der Waals surface area contributed by atoms with E-state index in [0.717, 1.165) is 12.2 Å². The van der Waals surface area contributed by atoms with Gasteiger partial charge >= 0.3 is 0 Å². The van der Waals surface area contributed by atoms with E-state index in [4.69, 9.17) is 4.74 Å². The minimum Gasteiger partial charge on any atom is -0.471 e. The molecule has 2 N–H and O–H groups in total. The third-order valence-electron chi connectivity index (χ3n) is 5.82. The second-order valence-electron chi connectivity index (χ2n) is 8.47. The summed E-state index contributed by atoms with van der Waals surface area (Å²) in [5.41, 5.74) is 2.12. The molecule has 1 aliphatic heterocycles. The van der Waals surface area contributed by atoms with Gasteiger partial charge in [-0.05, 0) is 56.8 Å². The van der Waals surface area contributed by atoms with Crippen LogP contribution in [-0.2, 0) is 10.0 Å². The fraction of sp³-hybridized carbons (Fsp3) is 0.304. The van der Waals surface area contributed by atoms with Crippen LogP contribution in [0.1, 0.15) is 12.1 Å². The molecule has 1 fully saturated rings. The lowest BCUT2D eigenvalue weighted by Crippen LogP contribution is -2.45. The van der Waals surface area contributed by atoms with Crippen LogP contribution in [0.25, 0.3) is 22.4 Å². The highest BCUT2D eigenvalue weighted by atomic mass is 32.2. The van der Waals surface area contributed by atoms with Gasteiger partial charge in [-0.3, -0.25) is 9.82 Å². The number of likely N-dealkylation sites (tertiary alicyclic amines) is 1. The first-order valence-corrected chi connectivity index (χ1v) is 12.5. The van der Waals surface area contributed by atoms with Crippen LogP contribution < -0.4 is 9.46 Å². The number of aromatic amines is 1. The van der Waals surface area contributed by atoms with Crippen LogP contribution in [-0.4, -0.2) is 70.9 Å². The number of sulfonamides is 1. The Morgan fingerprint density at radius 1 is 1.17 bits per heavy atom. The second-order valence-corrected chi connectivity index (χ2v) is 10.1. The van der Waals surface area contributed by atoms with Gasteiger partial charge in [0.2, 0.25) is 5.88 Å². The Bertz CT molecular complexity index is 1450. The van der Waals surface area contributed by atoms with Gasteiger partial charge in [-0.15, -0.1) is 0 Å². The van der Waals surface area contributed by atoms with Crippen molar-refractivity contribution in [2.24, 2.45) is 0 Å². The van der Waals surface area contributed by atoms with E-state index in [9.17, 15) is 12.8 Å². The predicted octanol–water partition coefficient (Wildman–Crippen LogP) is 2.95. The van der Waals surface area contributed by atoms with Gasteiger partial charge in [0.15, 0.2) is 16.5 Å². The van der Waals surface area contributed by atoms with E-state index in [1.165, 1.54) is 12.3 Å². The molecule has 0 spiro atoms. The number of benzene rings is 1. The summed E-state index contributed by atoms with van der Waals surface area (Å²) >= 11 is 0. The number of halogens is 1. The van der Waals surface area contributed by atoms with Crippen LogP contribution in [0.5, 0.6) is 5.88 Å². The number of ether oxygens (including phenoxy) is 1. The molecule has 0 unspecified atom stereocenters. The third kappa shape index (κ3) is 4.80. The Hall–Kier alpha value is -3.64. The average molecular weight is 498 g/mol. The van der Waals surface area contributed by atoms with Gasteiger partial charge < -0.3 is 9.64 Å². The number of nitrogens with zero attached hydrogens (tertiary/aromatic N) is 5. The summed E-state index contributed by atoms with van der Waals surface area (Å²) in [4.78, 5) is 14.9. The summed E-state index contributed by atoms with van der Waals surface area (Å²) in [6.07, 6.45) is 0.203. The van der Waals surface area contributed by atoms with Crippen molar-refractivity contribution in [3.8, 4) is 17.3 Å². The van der Waals surface area contributed by atoms with E-state index in [-0.39, 0.29) is 10.9 Å². The van der Waals surface area contributed by atoms with Crippen molar-refractivity contribution < 1.29 is 17.5 Å². The number of aromatic nitrogens is 5. The molecule has 1 saturated heterocycles. The number of alkyl halides is 1. The average Bonchev–Trinajstić information content (AvgIpc) is 3.22. The molecule has 0 aliphatic carbocycles. The summed E-state index contributed by atoms with van der Waals surface area (Å²) in [7, 11) is -1.94. The molecule has 0 radical (unpaired) electrons. The molecule has 3 aromatic heterocycles. The Kier molecular flexibility index (Phi) is 6.07. The fourth-order valence-electron chi connectivity index (χ4n) is 3.96. The summed E-state index contributed by atoms with van der Waals surface area (Å²) in [6, 6.07) is 11.2. The molecule has 2 atom stereocenters. The Morgan fingerprint density at radius 2 is 1.97 bits per heavy atom. The zero-order valence-corrected chi connectivity index (χ0v) is 20.0. The van der Waals surface area contributed by atoms with Crippen molar-refractivity contribution >= 4 is 26.7 Å². The normalized spacial score (nSPS) is 19.1. The molecule has 1 aliphatic rings. The Morgan fingerprint density at radius 3 is 2.69 bits per heavy atom. The number of anilines is 1. The number of hydrogen-bond donors (Lipinski definition) is 2. The Labute approximate surface area is 201 Å². The van der Waals surface area contributed by atoms with Gasteiger partial charge in [0.05, 0.1) is 0 Å². The maximum absolute atomic E-state index is 14.6. The first-order valence-electron chi connectivity index (χ1n) is 11.1. The zero-order chi connectivity index (χ0) is 24.6. The maximum Gasteiger partial charge on any atom is 0.279 e. The molecule has 12 heteroatoms. The standard InChI is InChI=1S/C23H24FN7O3S/c1-14-20-22(29-28-14)26-21(27-23(20)34-18-10-12-31(2)13-17(18)24)15-6-8-16(9-7-15)30-35(32,33)19-5-3-4-11-25-19/h3-9,11,17-18,30H,10,12-13H2,1-2H3,(H,26,27,28,29)/t17-,18+/m0/s1. The SMILES string of the molecule is Cc1[nH]nc2nc(-c3ccc(NS(=O)(=O)c4ccccn4)cc3)nc(O[C@@H]3CCN(C)C[C@@H]3F)c12. The van der Waals surface area contributed by atoms with Crippen LogP contribution in [0.15, 0.2) is 53.7 Å². The molecule has 1 aromatic carbocycles. The van der Waals surface area contributed by atoms with E-state index in [2.05, 4.69) is 29.9 Å². The van der Waals surface area contributed by atoms with Gasteiger partial charge in [0, 0.05) is 36.2 Å². The summed E-state index contributed by atoms with van der Waals surface area (Å²) in [5.74, 6) is 0.606. The maximum atomic E-state index is 14.6. The monoisotopic (exact) mass is 497 g/mol. The van der Waals surface area contributed by atoms with E-state index in [0.29, 0.717) is 41.1 Å². The van der Waals surface area contributed by atoms with Crippen molar-refractivity contribution in [3.05, 3.63) is 54.4 Å². The first-order chi connectivity index (χ1) is 16.8. The van der Waals surface area contributed by atoms with Crippen molar-refractivity contribution in [1.82, 2.24) is 30.0 Å². The number of rotatable bonds is 6. The number of pyridine rings is 1. The molecule has 0 bridgehead atoms. The summed E-state index contributed by atoms with van der Waals surface area (Å²) < 4.78 is 48.3. The van der Waals surface area contributed by atoms with Gasteiger partial charge in [0.25, 0.3) is 10.0 Å². The summed E-state index contributed by atoms with van der Waals surface area (Å²) in [6.45, 7) is 2.85. The molecule has 10 nitrogen and oxygen atoms in total. The zero-order valence-electron chi connectivity index (χ0n) is 19.1. The van der Waals surface area contributed by atoms with Crippen LogP contribution in [0.3, 0.4) is 0 Å². The van der Waals surface area contributed by atoms with Gasteiger partial charge in [-0.25, -0.2) is 14.4 Å². The molecule has 182 valence electrons. The number of fused-ring (bicyclic) bond motifs is 1. The molecule has 4 heterocycles. The van der Waals surface area contributed by atoms with Crippen LogP contribution in [0, 0.1) is 6.92 Å². The Balaban J connectivity index is 1.43. The lowest BCUT2D eigenvalue weighted by Gasteiger charge is -2.32. The fourth-order valence-corrected chi connectivity index (χ4v) is 4.97. The van der Waals surface area contributed by atoms with Crippen molar-refractivity contribution in [2.45, 2.75) is 30.6 Å². The van der Waals surface area contributed by atoms with Crippen LogP contribution in [0.4, 0.5) is 10.1 Å². The topological polar surface area (TPSA) is 126 Å². The molecular formula is C23H24FN7O3S. The molecule has 35 heavy (non-hydrogen) atoms. The van der Waals surface area contributed by atoms with E-state index < -0.39 is 22.3 Å². The van der Waals surface area contributed by atoms with Crippen LogP contribution >= 0.6 is 0 Å². The van der Waals surface area contributed by atoms with Gasteiger partial charge in [-0.1, -0.05) is 6.07 Å². The van der Waals surface area contributed by atoms with E-state index in [1.54, 1.807) is 36.4 Å². The summed E-state index contributed by atoms with van der Waals surface area (Å²) in [5, 5.41) is 7.65. The predicted molar refractivity (Wildman–Crippen MR) is 128 cm³/mol. The number of hydrogen-bond acceptors (Lipinski definition) is 8. The van der Waals surface area contributed by atoms with E-state index >= 15 is 0 Å². The van der Waals surface area contributed by atoms with Crippen LogP contribution in [0.2, 0.25) is 0 Å². The smallest absolute Gasteiger partial charge is 0.279 e. The second kappa shape index (κ2) is 9.19. The highest BCUT2D eigenvalue weighted by Crippen LogP contribution is 2.31. The molecular weight excluding hydrogens is 473 g/mol. The molecule has 5 rings (SSSR count). The molecule has 4 aromatic rings. The minimum atomic E-state index is -3.81. The number of piperidine rings is 1.